The lowest BCUT2D eigenvalue weighted by molar-refractivity contribution is -0.142. The molecule has 0 bridgehead atoms. The normalized spacial score (nSPS) is 59.1. The van der Waals surface area contributed by atoms with Gasteiger partial charge in [-0.3, -0.25) is 4.79 Å². The first-order chi connectivity index (χ1) is 11.7. The maximum Gasteiger partial charge on any atom is 0.165 e. The summed E-state index contributed by atoms with van der Waals surface area (Å²) in [6, 6.07) is 0. The smallest absolute Gasteiger partial charge is 0.165 e. The van der Waals surface area contributed by atoms with Gasteiger partial charge in [-0.2, -0.15) is 0 Å². The molecule has 1 aliphatic heterocycles. The Hall–Kier alpha value is -0.830. The number of rotatable bonds is 1. The Bertz CT molecular complexity index is 683. The first kappa shape index (κ1) is 16.4. The summed E-state index contributed by atoms with van der Waals surface area (Å²) < 4.78 is 6.20. The highest BCUT2D eigenvalue weighted by molar-refractivity contribution is 5.91. The van der Waals surface area contributed by atoms with Crippen LogP contribution in [0.15, 0.2) is 11.8 Å². The number of aliphatic hydroxyl groups excluding tert-OH is 1. The van der Waals surface area contributed by atoms with Gasteiger partial charge in [0.05, 0.1) is 5.76 Å². The largest absolute Gasteiger partial charge is 0.513 e. The molecule has 3 heteroatoms. The van der Waals surface area contributed by atoms with E-state index in [2.05, 4.69) is 26.8 Å². The monoisotopic (exact) mass is 344 g/mol. The average Bonchev–Trinajstić information content (AvgIpc) is 3.13. The van der Waals surface area contributed by atoms with Crippen molar-refractivity contribution in [3.8, 4) is 0 Å². The summed E-state index contributed by atoms with van der Waals surface area (Å²) in [4.78, 5) is 12.6. The summed E-state index contributed by atoms with van der Waals surface area (Å²) in [5.74, 6) is 3.48. The van der Waals surface area contributed by atoms with Crippen LogP contribution in [0.5, 0.6) is 0 Å². The first-order valence-electron chi connectivity index (χ1n) is 10.3. The second-order valence-electron chi connectivity index (χ2n) is 10.5. The van der Waals surface area contributed by atoms with Gasteiger partial charge >= 0.3 is 0 Å². The van der Waals surface area contributed by atoms with E-state index in [4.69, 9.17) is 4.74 Å². The van der Waals surface area contributed by atoms with Crippen LogP contribution >= 0.6 is 0 Å². The van der Waals surface area contributed by atoms with E-state index < -0.39 is 5.60 Å². The third kappa shape index (κ3) is 1.66. The Morgan fingerprint density at radius 1 is 1.16 bits per heavy atom. The molecular weight excluding hydrogens is 312 g/mol. The Morgan fingerprint density at radius 2 is 1.92 bits per heavy atom. The fourth-order valence-corrected chi connectivity index (χ4v) is 8.46. The number of carbonyl (C=O) groups excluding carboxylic acids is 1. The summed E-state index contributed by atoms with van der Waals surface area (Å²) in [6.45, 7) is 8.77. The van der Waals surface area contributed by atoms with Gasteiger partial charge in [0.25, 0.3) is 0 Å². The van der Waals surface area contributed by atoms with Gasteiger partial charge in [-0.1, -0.05) is 13.8 Å². The van der Waals surface area contributed by atoms with Crippen molar-refractivity contribution < 1.29 is 14.6 Å². The maximum atomic E-state index is 12.6. The molecule has 25 heavy (non-hydrogen) atoms. The number of hydrogen-bond acceptors (Lipinski definition) is 3. The van der Waals surface area contributed by atoms with Crippen LogP contribution in [0.3, 0.4) is 0 Å². The van der Waals surface area contributed by atoms with E-state index in [9.17, 15) is 9.90 Å². The molecule has 1 heterocycles. The zero-order valence-corrected chi connectivity index (χ0v) is 16.1. The zero-order valence-electron chi connectivity index (χ0n) is 16.1. The van der Waals surface area contributed by atoms with E-state index in [1.807, 2.05) is 0 Å². The fourth-order valence-electron chi connectivity index (χ4n) is 8.46. The van der Waals surface area contributed by atoms with Gasteiger partial charge in [-0.15, -0.1) is 0 Å². The third-order valence-electron chi connectivity index (χ3n) is 9.64. The molecule has 0 aromatic carbocycles. The molecule has 0 amide bonds. The molecule has 3 nitrogen and oxygen atoms in total. The van der Waals surface area contributed by atoms with Crippen LogP contribution < -0.4 is 0 Å². The van der Waals surface area contributed by atoms with Gasteiger partial charge in [0.1, 0.15) is 5.60 Å². The predicted molar refractivity (Wildman–Crippen MR) is 96.1 cm³/mol. The number of ether oxygens (including phenoxy) is 1. The number of epoxide rings is 1. The molecule has 1 saturated heterocycles. The average molecular weight is 344 g/mol. The summed E-state index contributed by atoms with van der Waals surface area (Å²) >= 11 is 0. The van der Waals surface area contributed by atoms with Crippen LogP contribution in [0.1, 0.15) is 72.6 Å². The van der Waals surface area contributed by atoms with Crippen LogP contribution in [-0.2, 0) is 9.53 Å². The van der Waals surface area contributed by atoms with Crippen molar-refractivity contribution in [3.63, 3.8) is 0 Å². The standard InChI is InChI=1S/C22H32O3/c1-13(23)22-20(3)10-8-17-16(18(20)12-21(22,4)25-22)6-5-14-11-15(24)7-9-19(14,17)2/h11,14,16-18,24H,5-10,12H2,1-4H3/t14-,16-,17+,18-,19+,20-,21-,22+/m1/s1. The van der Waals surface area contributed by atoms with E-state index >= 15 is 0 Å². The van der Waals surface area contributed by atoms with Crippen molar-refractivity contribution in [2.24, 2.45) is 34.5 Å². The third-order valence-corrected chi connectivity index (χ3v) is 9.64. The molecule has 5 rings (SSSR count). The SMILES string of the molecule is CC(=O)[C@@]12O[C@]1(C)C[C@@H]1[C@@H]3CC[C@@H]4C=C(O)CC[C@]4(C)[C@H]3CC[C@]12C. The van der Waals surface area contributed by atoms with Crippen molar-refractivity contribution >= 4 is 5.78 Å². The Labute approximate surface area is 151 Å². The molecule has 138 valence electrons. The molecule has 0 aromatic rings. The predicted octanol–water partition coefficient (Wildman–Crippen LogP) is 4.81. The second-order valence-corrected chi connectivity index (χ2v) is 10.5. The highest BCUT2D eigenvalue weighted by atomic mass is 16.6. The van der Waals surface area contributed by atoms with Crippen molar-refractivity contribution in [3.05, 3.63) is 11.8 Å². The van der Waals surface area contributed by atoms with Gasteiger partial charge < -0.3 is 9.84 Å². The van der Waals surface area contributed by atoms with Gasteiger partial charge in [-0.25, -0.2) is 0 Å². The zero-order chi connectivity index (χ0) is 17.8. The summed E-state index contributed by atoms with van der Waals surface area (Å²) in [7, 11) is 0. The minimum absolute atomic E-state index is 0.0184. The molecule has 0 aromatic heterocycles. The molecule has 1 N–H and O–H groups in total. The van der Waals surface area contributed by atoms with Crippen LogP contribution in [0.4, 0.5) is 0 Å². The lowest BCUT2D eigenvalue weighted by Crippen LogP contribution is -2.55. The minimum Gasteiger partial charge on any atom is -0.513 e. The molecule has 4 aliphatic carbocycles. The molecule has 3 saturated carbocycles. The number of carbonyl (C=O) groups is 1. The van der Waals surface area contributed by atoms with E-state index in [1.165, 1.54) is 19.3 Å². The number of fused-ring (bicyclic) bond motifs is 7. The van der Waals surface area contributed by atoms with Crippen molar-refractivity contribution in [1.82, 2.24) is 0 Å². The molecule has 5 aliphatic rings. The Balaban J connectivity index is 1.52. The summed E-state index contributed by atoms with van der Waals surface area (Å²) in [6.07, 6.45) is 9.97. The van der Waals surface area contributed by atoms with Gasteiger partial charge in [-0.05, 0) is 87.5 Å². The van der Waals surface area contributed by atoms with Gasteiger partial charge in [0.2, 0.25) is 0 Å². The van der Waals surface area contributed by atoms with Gasteiger partial charge in [0.15, 0.2) is 11.4 Å². The number of Topliss-reactive ketones (excluding diaryl/α,β-unsaturated/α-hetero) is 1. The quantitative estimate of drug-likeness (QED) is 0.695. The number of aliphatic hydroxyl groups is 1. The van der Waals surface area contributed by atoms with Crippen LogP contribution in [0.25, 0.3) is 0 Å². The lowest BCUT2D eigenvalue weighted by atomic mass is 9.45. The number of hydrogen-bond donors (Lipinski definition) is 1. The highest BCUT2D eigenvalue weighted by Gasteiger charge is 2.85. The topological polar surface area (TPSA) is 49.8 Å². The number of ketones is 1. The van der Waals surface area contributed by atoms with E-state index in [0.29, 0.717) is 23.0 Å². The summed E-state index contributed by atoms with van der Waals surface area (Å²) in [5.41, 5.74) is -0.368. The van der Waals surface area contributed by atoms with Crippen LogP contribution in [-0.4, -0.2) is 22.1 Å². The molecule has 8 atom stereocenters. The molecule has 4 fully saturated rings. The van der Waals surface area contributed by atoms with Crippen molar-refractivity contribution in [1.29, 1.82) is 0 Å². The lowest BCUT2D eigenvalue weighted by Gasteiger charge is -2.59. The molecule has 0 radical (unpaired) electrons. The second kappa shape index (κ2) is 4.52. The fraction of sp³-hybridized carbons (Fsp3) is 0.864. The minimum atomic E-state index is -0.502. The summed E-state index contributed by atoms with van der Waals surface area (Å²) in [5, 5.41) is 10.0. The van der Waals surface area contributed by atoms with Crippen LogP contribution in [0, 0.1) is 34.5 Å². The molecule has 0 spiro atoms. The van der Waals surface area contributed by atoms with Crippen LogP contribution in [0.2, 0.25) is 0 Å². The maximum absolute atomic E-state index is 12.6. The van der Waals surface area contributed by atoms with Gasteiger partial charge in [0, 0.05) is 11.8 Å². The van der Waals surface area contributed by atoms with E-state index in [-0.39, 0.29) is 16.8 Å². The highest BCUT2D eigenvalue weighted by Crippen LogP contribution is 2.77. The first-order valence-corrected chi connectivity index (χ1v) is 10.3. The van der Waals surface area contributed by atoms with E-state index in [0.717, 1.165) is 37.5 Å². The van der Waals surface area contributed by atoms with E-state index in [1.54, 1.807) is 6.92 Å². The van der Waals surface area contributed by atoms with Crippen molar-refractivity contribution in [2.75, 3.05) is 0 Å². The molecule has 0 unspecified atom stereocenters. The van der Waals surface area contributed by atoms with Crippen molar-refractivity contribution in [2.45, 2.75) is 83.8 Å². The number of allylic oxidation sites excluding steroid dienone is 2. The Morgan fingerprint density at radius 3 is 2.64 bits per heavy atom. The Kier molecular flexibility index (Phi) is 2.96. The molecular formula is C22H32O3.